The summed E-state index contributed by atoms with van der Waals surface area (Å²) in [4.78, 5) is 0. The van der Waals surface area contributed by atoms with Crippen molar-refractivity contribution in [2.45, 2.75) is 52.6 Å². The van der Waals surface area contributed by atoms with Crippen molar-refractivity contribution in [2.75, 3.05) is 0 Å². The molecule has 0 aromatic heterocycles. The summed E-state index contributed by atoms with van der Waals surface area (Å²) in [6, 6.07) is 32.9. The van der Waals surface area contributed by atoms with Crippen molar-refractivity contribution >= 4 is 49.3 Å². The van der Waals surface area contributed by atoms with E-state index in [1.807, 2.05) is 41.5 Å². The predicted molar refractivity (Wildman–Crippen MR) is 142 cm³/mol. The number of hydrogen-bond acceptors (Lipinski definition) is 1. The van der Waals surface area contributed by atoms with Gasteiger partial charge in [-0.25, -0.2) is 0 Å². The van der Waals surface area contributed by atoms with Crippen molar-refractivity contribution in [1.29, 1.82) is 0 Å². The third-order valence-corrected chi connectivity index (χ3v) is 12.4. The van der Waals surface area contributed by atoms with E-state index in [1.165, 1.54) is 10.5 Å². The van der Waals surface area contributed by atoms with Crippen LogP contribution < -0.4 is 10.5 Å². The van der Waals surface area contributed by atoms with E-state index in [2.05, 4.69) is 94.4 Å². The Hall–Kier alpha value is -0.468. The van der Waals surface area contributed by atoms with Gasteiger partial charge < -0.3 is 5.73 Å². The van der Waals surface area contributed by atoms with E-state index in [9.17, 15) is 0 Å². The van der Waals surface area contributed by atoms with Crippen LogP contribution in [0.5, 0.6) is 0 Å². The van der Waals surface area contributed by atoms with Gasteiger partial charge in [0.1, 0.15) is 0 Å². The molecule has 3 aromatic carbocycles. The summed E-state index contributed by atoms with van der Waals surface area (Å²) in [5.41, 5.74) is 6.64. The molecule has 0 saturated carbocycles. The zero-order chi connectivity index (χ0) is 24.2. The van der Waals surface area contributed by atoms with Crippen LogP contribution in [0.15, 0.2) is 94.4 Å². The Bertz CT molecular complexity index is 819. The molecule has 1 radical (unpaired) electrons. The molecule has 0 atom stereocenters. The molecular weight excluding hydrogens is 581 g/mol. The molecule has 2 nitrogen and oxygen atoms in total. The van der Waals surface area contributed by atoms with E-state index in [0.29, 0.717) is 0 Å². The van der Waals surface area contributed by atoms with E-state index in [0.717, 1.165) is 0 Å². The average Bonchev–Trinajstić information content (AvgIpc) is 2.68. The van der Waals surface area contributed by atoms with E-state index in [-0.39, 0.29) is 11.1 Å². The Labute approximate surface area is 215 Å². The topological polar surface area (TPSA) is 36.2 Å². The molecule has 6 heteroatoms. The summed E-state index contributed by atoms with van der Waals surface area (Å²) in [5.74, 6) is 0. The number of halogens is 2. The van der Waals surface area contributed by atoms with Gasteiger partial charge in [0.15, 0.2) is 0 Å². The van der Waals surface area contributed by atoms with Crippen molar-refractivity contribution < 1.29 is 15.6 Å². The van der Waals surface area contributed by atoms with Crippen LogP contribution in [0.2, 0.25) is 0 Å². The molecule has 0 aliphatic heterocycles. The van der Waals surface area contributed by atoms with Crippen molar-refractivity contribution in [3.63, 3.8) is 0 Å². The van der Waals surface area contributed by atoms with Gasteiger partial charge >= 0.3 is 186 Å². The Morgan fingerprint density at radius 3 is 1.03 bits per heavy atom. The number of benzene rings is 3. The number of nitrogens with zero attached hydrogens (tertiary/aromatic N) is 1. The van der Waals surface area contributed by atoms with Gasteiger partial charge in [0.05, 0.1) is 0 Å². The summed E-state index contributed by atoms with van der Waals surface area (Å²) in [5, 5.41) is 0. The Morgan fingerprint density at radius 1 is 0.625 bits per heavy atom. The van der Waals surface area contributed by atoms with Crippen LogP contribution in [0.3, 0.4) is 0 Å². The molecule has 3 aromatic rings. The first-order valence-corrected chi connectivity index (χ1v) is 19.3. The van der Waals surface area contributed by atoms with Crippen LogP contribution >= 0.6 is 18.6 Å². The predicted octanol–water partition coefficient (Wildman–Crippen LogP) is 6.93. The molecule has 0 saturated heterocycles. The van der Waals surface area contributed by atoms with Gasteiger partial charge in [-0.15, -0.1) is 5.54 Å². The maximum atomic E-state index is 6.94. The second-order valence-corrected chi connectivity index (χ2v) is 20.3. The number of nitrogens with one attached hydrogen (secondary N) is 1. The van der Waals surface area contributed by atoms with Gasteiger partial charge in [-0.2, -0.15) is 0 Å². The summed E-state index contributed by atoms with van der Waals surface area (Å²) in [6.07, 6.45) is 0. The summed E-state index contributed by atoms with van der Waals surface area (Å²) in [6.45, 7) is 11.5. The molecule has 0 aliphatic rings. The second-order valence-electron chi connectivity index (χ2n) is 9.12. The van der Waals surface area contributed by atoms with Gasteiger partial charge in [0.25, 0.3) is 0 Å². The van der Waals surface area contributed by atoms with Gasteiger partial charge in [-0.05, 0) is 0 Å². The fraction of sp³-hybridized carbons (Fsp3) is 0.308. The summed E-state index contributed by atoms with van der Waals surface area (Å²) < 4.78 is 8.66. The molecule has 0 spiro atoms. The molecule has 0 aliphatic carbocycles. The van der Waals surface area contributed by atoms with Crippen LogP contribution in [0, 0.1) is 0 Å². The Kier molecular flexibility index (Phi) is 13.6. The molecule has 0 fully saturated rings. The third-order valence-electron chi connectivity index (χ3n) is 3.46. The molecule has 3 rings (SSSR count). The van der Waals surface area contributed by atoms with Gasteiger partial charge in [0.2, 0.25) is 0 Å². The monoisotopic (exact) mass is 613 g/mol. The third kappa shape index (κ3) is 14.6. The SMILES string of the molecule is CC(C)(C)[NH-].CC(C)(C)[N]=[Ti]([Cl])[Cl].c1cc[c]([Sb+]([c]2ccccc2)[c]2ccccc2)cc1. The van der Waals surface area contributed by atoms with Crippen LogP contribution in [0.4, 0.5) is 0 Å². The molecule has 0 unspecified atom stereocenters. The molecule has 0 bridgehead atoms. The van der Waals surface area contributed by atoms with Crippen molar-refractivity contribution in [2.24, 2.45) is 3.42 Å². The van der Waals surface area contributed by atoms with E-state index in [1.54, 1.807) is 0 Å². The molecule has 0 heterocycles. The minimum atomic E-state index is -1.95. The molecular formula is C26H34Cl2N2SbTi. The fourth-order valence-corrected chi connectivity index (χ4v) is 11.9. The standard InChI is InChI=1S/3C6H5.C4H10N.C4H9N.2ClH.Sb.Ti/c3*1-2-4-6-5-3-1;2*1-4(2,3)5;;;;/h3*1-5H;5H,1-3H3;1-3H3;2*1H;;/q;;;-1;;;;+1;+2/p-2. The minimum absolute atomic E-state index is 0.0428. The van der Waals surface area contributed by atoms with Crippen LogP contribution in [-0.4, -0.2) is 31.3 Å². The first kappa shape index (κ1) is 29.6. The van der Waals surface area contributed by atoms with Crippen LogP contribution in [0.1, 0.15) is 41.5 Å². The molecule has 1 N–H and O–H groups in total. The molecule has 0 amide bonds. The van der Waals surface area contributed by atoms with E-state index < -0.39 is 35.8 Å². The maximum absolute atomic E-state index is 6.94. The van der Waals surface area contributed by atoms with Crippen molar-refractivity contribution in [1.82, 2.24) is 0 Å². The Morgan fingerprint density at radius 2 is 0.875 bits per heavy atom. The zero-order valence-corrected chi connectivity index (χ0v) is 25.4. The summed E-state index contributed by atoms with van der Waals surface area (Å²) in [7, 11) is 11.1. The van der Waals surface area contributed by atoms with E-state index >= 15 is 0 Å². The summed E-state index contributed by atoms with van der Waals surface area (Å²) >= 11 is -3.78. The second kappa shape index (κ2) is 14.7. The zero-order valence-electron chi connectivity index (χ0n) is 19.8. The molecule has 171 valence electrons. The fourth-order valence-electron chi connectivity index (χ4n) is 2.43. The van der Waals surface area contributed by atoms with Crippen molar-refractivity contribution in [3.8, 4) is 0 Å². The van der Waals surface area contributed by atoms with Gasteiger partial charge in [-0.1, -0.05) is 20.8 Å². The quantitative estimate of drug-likeness (QED) is 0.287. The van der Waals surface area contributed by atoms with Crippen LogP contribution in [-0.2, 0) is 15.6 Å². The van der Waals surface area contributed by atoms with E-state index in [4.69, 9.17) is 24.3 Å². The molecule has 32 heavy (non-hydrogen) atoms. The first-order valence-electron chi connectivity index (χ1n) is 10.5. The van der Waals surface area contributed by atoms with Crippen molar-refractivity contribution in [3.05, 3.63) is 96.7 Å². The van der Waals surface area contributed by atoms with Gasteiger partial charge in [0, 0.05) is 0 Å². The first-order chi connectivity index (χ1) is 14.9. The number of hydrogen-bond donors (Lipinski definition) is 0. The Balaban J connectivity index is 0.000000329. The van der Waals surface area contributed by atoms with Gasteiger partial charge in [-0.3, -0.25) is 0 Å². The van der Waals surface area contributed by atoms with Crippen LogP contribution in [0.25, 0.3) is 5.73 Å². The number of rotatable bonds is 3. The average molecular weight is 615 g/mol. The normalized spacial score (nSPS) is 10.9.